The number of ether oxygens (including phenoxy) is 2. The average molecular weight is 548 g/mol. The Morgan fingerprint density at radius 1 is 1.00 bits per heavy atom. The van der Waals surface area contributed by atoms with E-state index in [9.17, 15) is 18.5 Å². The number of carbonyl (C=O) groups is 1. The molecule has 0 aliphatic rings. The van der Waals surface area contributed by atoms with Crippen LogP contribution in [0.2, 0.25) is 0 Å². The second-order valence-corrected chi connectivity index (χ2v) is 10.1. The van der Waals surface area contributed by atoms with Crippen LogP contribution in [-0.2, 0) is 14.9 Å². The van der Waals surface area contributed by atoms with Crippen molar-refractivity contribution >= 4 is 38.6 Å². The molecule has 0 fully saturated rings. The topological polar surface area (TPSA) is 128 Å². The van der Waals surface area contributed by atoms with Crippen LogP contribution in [0.5, 0.6) is 17.2 Å². The van der Waals surface area contributed by atoms with Crippen molar-refractivity contribution in [2.24, 2.45) is 0 Å². The van der Waals surface area contributed by atoms with E-state index in [0.717, 1.165) is 5.56 Å². The number of rotatable bonds is 9. The van der Waals surface area contributed by atoms with Crippen molar-refractivity contribution in [3.8, 4) is 34.6 Å². The van der Waals surface area contributed by atoms with E-state index in [1.165, 1.54) is 74.1 Å². The van der Waals surface area contributed by atoms with Crippen LogP contribution in [0.15, 0.2) is 88.6 Å². The van der Waals surface area contributed by atoms with E-state index in [-0.39, 0.29) is 22.0 Å². The van der Waals surface area contributed by atoms with Crippen molar-refractivity contribution in [1.29, 1.82) is 5.26 Å². The molecule has 192 valence electrons. The monoisotopic (exact) mass is 547 g/mol. The highest BCUT2D eigenvalue weighted by atomic mass is 32.2. The molecule has 38 heavy (non-hydrogen) atoms. The summed E-state index contributed by atoms with van der Waals surface area (Å²) in [5.41, 5.74) is 1.86. The number of thiazole rings is 1. The van der Waals surface area contributed by atoms with Gasteiger partial charge in [-0.3, -0.25) is 10.1 Å². The lowest BCUT2D eigenvalue weighted by Gasteiger charge is -2.12. The standard InChI is InChI=1S/C27H21N3O6S2/c1-34-21-9-11-22(12-10-21)38(32,33)36-24-13-8-18(15-25(24)35-2)14-20(16-28)26(31)30-27-29-23(17-37-27)19-6-4-3-5-7-19/h3-15,17H,1-2H3,(H,29,30,31). The Hall–Kier alpha value is -4.66. The summed E-state index contributed by atoms with van der Waals surface area (Å²) in [5.74, 6) is -0.0926. The van der Waals surface area contributed by atoms with Crippen LogP contribution in [0.25, 0.3) is 17.3 Å². The van der Waals surface area contributed by atoms with E-state index in [2.05, 4.69) is 10.3 Å². The molecule has 0 unspecified atom stereocenters. The highest BCUT2D eigenvalue weighted by Gasteiger charge is 2.20. The van der Waals surface area contributed by atoms with Crippen LogP contribution < -0.4 is 19.0 Å². The van der Waals surface area contributed by atoms with Gasteiger partial charge in [0.05, 0.1) is 19.9 Å². The average Bonchev–Trinajstić information content (AvgIpc) is 3.41. The zero-order valence-corrected chi connectivity index (χ0v) is 21.9. The summed E-state index contributed by atoms with van der Waals surface area (Å²) in [7, 11) is -1.33. The van der Waals surface area contributed by atoms with Crippen LogP contribution in [0.4, 0.5) is 5.13 Å². The summed E-state index contributed by atoms with van der Waals surface area (Å²) in [5, 5.41) is 14.4. The number of aromatic nitrogens is 1. The summed E-state index contributed by atoms with van der Waals surface area (Å²) in [4.78, 5) is 17.1. The minimum absolute atomic E-state index is 0.0559. The van der Waals surface area contributed by atoms with Crippen LogP contribution in [0.1, 0.15) is 5.56 Å². The lowest BCUT2D eigenvalue weighted by Crippen LogP contribution is -2.13. The third-order valence-corrected chi connectivity index (χ3v) is 7.21. The molecule has 11 heteroatoms. The van der Waals surface area contributed by atoms with Gasteiger partial charge in [0.2, 0.25) is 0 Å². The van der Waals surface area contributed by atoms with Crippen molar-refractivity contribution < 1.29 is 26.9 Å². The molecule has 0 aliphatic carbocycles. The first-order chi connectivity index (χ1) is 18.3. The molecule has 1 amide bonds. The molecule has 4 rings (SSSR count). The minimum atomic E-state index is -4.15. The summed E-state index contributed by atoms with van der Waals surface area (Å²) >= 11 is 1.24. The second kappa shape index (κ2) is 11.6. The second-order valence-electron chi connectivity index (χ2n) is 7.65. The van der Waals surface area contributed by atoms with Gasteiger partial charge in [-0.1, -0.05) is 36.4 Å². The molecule has 1 aromatic heterocycles. The number of hydrogen-bond acceptors (Lipinski definition) is 9. The van der Waals surface area contributed by atoms with Crippen molar-refractivity contribution in [2.45, 2.75) is 4.90 Å². The Bertz CT molecular complexity index is 1620. The van der Waals surface area contributed by atoms with E-state index in [0.29, 0.717) is 22.1 Å². The van der Waals surface area contributed by atoms with E-state index in [1.54, 1.807) is 0 Å². The smallest absolute Gasteiger partial charge is 0.339 e. The van der Waals surface area contributed by atoms with Crippen LogP contribution in [0.3, 0.4) is 0 Å². The number of carbonyl (C=O) groups excluding carboxylic acids is 1. The number of amides is 1. The number of nitrogens with zero attached hydrogens (tertiary/aromatic N) is 2. The predicted octanol–water partition coefficient (Wildman–Crippen LogP) is 5.14. The molecule has 1 heterocycles. The fourth-order valence-corrected chi connectivity index (χ4v) is 4.96. The van der Waals surface area contributed by atoms with Crippen LogP contribution >= 0.6 is 11.3 Å². The Morgan fingerprint density at radius 2 is 1.74 bits per heavy atom. The molecule has 0 aliphatic heterocycles. The largest absolute Gasteiger partial charge is 0.497 e. The highest BCUT2D eigenvalue weighted by molar-refractivity contribution is 7.87. The summed E-state index contributed by atoms with van der Waals surface area (Å²) in [6, 6.07) is 21.4. The van der Waals surface area contributed by atoms with Gasteiger partial charge in [0.25, 0.3) is 5.91 Å². The van der Waals surface area contributed by atoms with Gasteiger partial charge in [0.1, 0.15) is 22.3 Å². The molecule has 0 saturated carbocycles. The quantitative estimate of drug-likeness (QED) is 0.173. The number of methoxy groups -OCH3 is 2. The van der Waals surface area contributed by atoms with Gasteiger partial charge in [0.15, 0.2) is 16.6 Å². The third kappa shape index (κ3) is 6.18. The van der Waals surface area contributed by atoms with Crippen molar-refractivity contribution in [3.63, 3.8) is 0 Å². The molecular formula is C27H21N3O6S2. The number of anilines is 1. The zero-order valence-electron chi connectivity index (χ0n) is 20.2. The number of hydrogen-bond donors (Lipinski definition) is 1. The molecular weight excluding hydrogens is 526 g/mol. The Labute approximate surface area is 223 Å². The maximum Gasteiger partial charge on any atom is 0.339 e. The van der Waals surface area contributed by atoms with Gasteiger partial charge in [-0.05, 0) is 48.0 Å². The van der Waals surface area contributed by atoms with Crippen molar-refractivity contribution in [1.82, 2.24) is 4.98 Å². The van der Waals surface area contributed by atoms with E-state index in [4.69, 9.17) is 13.7 Å². The van der Waals surface area contributed by atoms with Crippen molar-refractivity contribution in [3.05, 3.63) is 89.3 Å². The molecule has 0 saturated heterocycles. The van der Waals surface area contributed by atoms with E-state index >= 15 is 0 Å². The van der Waals surface area contributed by atoms with Crippen LogP contribution in [-0.4, -0.2) is 33.5 Å². The van der Waals surface area contributed by atoms with Gasteiger partial charge in [0, 0.05) is 10.9 Å². The zero-order chi connectivity index (χ0) is 27.1. The number of nitrogens with one attached hydrogen (secondary N) is 1. The molecule has 3 aromatic carbocycles. The lowest BCUT2D eigenvalue weighted by atomic mass is 10.1. The molecule has 0 bridgehead atoms. The Balaban J connectivity index is 1.51. The molecule has 1 N–H and O–H groups in total. The number of benzene rings is 3. The van der Waals surface area contributed by atoms with Gasteiger partial charge >= 0.3 is 10.1 Å². The first-order valence-corrected chi connectivity index (χ1v) is 13.3. The predicted molar refractivity (Wildman–Crippen MR) is 144 cm³/mol. The third-order valence-electron chi connectivity index (χ3n) is 5.21. The van der Waals surface area contributed by atoms with Gasteiger partial charge in [-0.25, -0.2) is 4.98 Å². The lowest BCUT2D eigenvalue weighted by molar-refractivity contribution is -0.112. The van der Waals surface area contributed by atoms with E-state index < -0.39 is 16.0 Å². The maximum absolute atomic E-state index is 12.7. The molecule has 0 radical (unpaired) electrons. The SMILES string of the molecule is COc1ccc(S(=O)(=O)Oc2ccc(C=C(C#N)C(=O)Nc3nc(-c4ccccc4)cs3)cc2OC)cc1. The Kier molecular flexibility index (Phi) is 8.06. The number of nitriles is 1. The normalized spacial score (nSPS) is 11.3. The Morgan fingerprint density at radius 3 is 2.39 bits per heavy atom. The summed E-state index contributed by atoms with van der Waals surface area (Å²) in [6.45, 7) is 0. The molecule has 0 spiro atoms. The summed E-state index contributed by atoms with van der Waals surface area (Å²) < 4.78 is 41.0. The van der Waals surface area contributed by atoms with Crippen LogP contribution in [0, 0.1) is 11.3 Å². The maximum atomic E-state index is 12.7. The van der Waals surface area contributed by atoms with Gasteiger partial charge in [-0.2, -0.15) is 13.7 Å². The minimum Gasteiger partial charge on any atom is -0.497 e. The van der Waals surface area contributed by atoms with E-state index in [1.807, 2.05) is 41.8 Å². The molecule has 0 atom stereocenters. The fraction of sp³-hybridized carbons (Fsp3) is 0.0741. The highest BCUT2D eigenvalue weighted by Crippen LogP contribution is 2.32. The first kappa shape index (κ1) is 26.4. The first-order valence-electron chi connectivity index (χ1n) is 11.0. The molecule has 4 aromatic rings. The van der Waals surface area contributed by atoms with Gasteiger partial charge < -0.3 is 13.7 Å². The summed E-state index contributed by atoms with van der Waals surface area (Å²) in [6.07, 6.45) is 1.35. The van der Waals surface area contributed by atoms with Crippen molar-refractivity contribution in [2.75, 3.05) is 19.5 Å². The van der Waals surface area contributed by atoms with Gasteiger partial charge in [-0.15, -0.1) is 11.3 Å². The molecule has 9 nitrogen and oxygen atoms in total. The fourth-order valence-electron chi connectivity index (χ4n) is 3.30.